The van der Waals surface area contributed by atoms with Crippen LogP contribution in [0.4, 0.5) is 0 Å². The minimum Gasteiger partial charge on any atom is -0.490 e. The highest BCUT2D eigenvalue weighted by molar-refractivity contribution is 5.95. The Morgan fingerprint density at radius 3 is 2.65 bits per heavy atom. The molecule has 1 saturated carbocycles. The van der Waals surface area contributed by atoms with Crippen molar-refractivity contribution in [2.45, 2.75) is 44.6 Å². The first-order valence-corrected chi connectivity index (χ1v) is 8.42. The predicted octanol–water partition coefficient (Wildman–Crippen LogP) is 2.94. The van der Waals surface area contributed by atoms with Crippen molar-refractivity contribution in [1.29, 1.82) is 0 Å². The summed E-state index contributed by atoms with van der Waals surface area (Å²) in [6, 6.07) is 7.26. The van der Waals surface area contributed by atoms with E-state index in [1.165, 1.54) is 12.8 Å². The van der Waals surface area contributed by atoms with Crippen LogP contribution in [0.2, 0.25) is 0 Å². The van der Waals surface area contributed by atoms with Crippen LogP contribution in [0, 0.1) is 5.92 Å². The van der Waals surface area contributed by atoms with E-state index in [0.717, 1.165) is 25.0 Å². The van der Waals surface area contributed by atoms with Crippen molar-refractivity contribution in [3.8, 4) is 5.75 Å². The quantitative estimate of drug-likeness (QED) is 0.927. The van der Waals surface area contributed by atoms with Crippen LogP contribution < -0.4 is 4.74 Å². The SMILES string of the molecule is O=C(O)[C@H]1CCCN(C(=O)c2cccc(OC3CCCC3)c2)C1. The first-order chi connectivity index (χ1) is 11.1. The van der Waals surface area contributed by atoms with Crippen LogP contribution in [0.25, 0.3) is 0 Å². The van der Waals surface area contributed by atoms with Gasteiger partial charge in [-0.25, -0.2) is 0 Å². The van der Waals surface area contributed by atoms with Gasteiger partial charge in [0.05, 0.1) is 12.0 Å². The van der Waals surface area contributed by atoms with E-state index in [1.807, 2.05) is 12.1 Å². The van der Waals surface area contributed by atoms with Crippen LogP contribution in [0.15, 0.2) is 24.3 Å². The number of amides is 1. The number of carbonyl (C=O) groups excluding carboxylic acids is 1. The van der Waals surface area contributed by atoms with E-state index in [2.05, 4.69) is 0 Å². The van der Waals surface area contributed by atoms with Crippen molar-refractivity contribution in [2.24, 2.45) is 5.92 Å². The summed E-state index contributed by atoms with van der Waals surface area (Å²) in [7, 11) is 0. The molecule has 1 heterocycles. The van der Waals surface area contributed by atoms with Gasteiger partial charge in [0, 0.05) is 18.7 Å². The highest BCUT2D eigenvalue weighted by Gasteiger charge is 2.28. The van der Waals surface area contributed by atoms with Gasteiger partial charge in [-0.15, -0.1) is 0 Å². The largest absolute Gasteiger partial charge is 0.490 e. The van der Waals surface area contributed by atoms with Gasteiger partial charge in [-0.1, -0.05) is 6.07 Å². The molecule has 0 bridgehead atoms. The van der Waals surface area contributed by atoms with E-state index >= 15 is 0 Å². The van der Waals surface area contributed by atoms with Gasteiger partial charge in [0.1, 0.15) is 5.75 Å². The minimum absolute atomic E-state index is 0.104. The normalized spacial score (nSPS) is 22.1. The molecule has 3 rings (SSSR count). The van der Waals surface area contributed by atoms with Crippen LogP contribution in [0.3, 0.4) is 0 Å². The van der Waals surface area contributed by atoms with Crippen molar-refractivity contribution < 1.29 is 19.4 Å². The van der Waals surface area contributed by atoms with Gasteiger partial charge < -0.3 is 14.7 Å². The highest BCUT2D eigenvalue weighted by atomic mass is 16.5. The monoisotopic (exact) mass is 317 g/mol. The van der Waals surface area contributed by atoms with E-state index < -0.39 is 11.9 Å². The standard InChI is InChI=1S/C18H23NO4/c20-17(19-10-4-6-14(12-19)18(21)22)13-5-3-9-16(11-13)23-15-7-1-2-8-15/h3,5,9,11,14-15H,1-2,4,6-8,10,12H2,(H,21,22)/t14-/m0/s1. The smallest absolute Gasteiger partial charge is 0.308 e. The number of piperidine rings is 1. The molecule has 0 unspecified atom stereocenters. The summed E-state index contributed by atoms with van der Waals surface area (Å²) in [6.45, 7) is 0.915. The Morgan fingerprint density at radius 1 is 1.13 bits per heavy atom. The van der Waals surface area contributed by atoms with Gasteiger partial charge in [0.15, 0.2) is 0 Å². The third-order valence-electron chi connectivity index (χ3n) is 4.74. The summed E-state index contributed by atoms with van der Waals surface area (Å²) in [5, 5.41) is 9.15. The molecule has 5 heteroatoms. The molecule has 1 amide bonds. The van der Waals surface area contributed by atoms with Gasteiger partial charge in [0.25, 0.3) is 5.91 Å². The van der Waals surface area contributed by atoms with E-state index in [0.29, 0.717) is 25.1 Å². The van der Waals surface area contributed by atoms with Crippen molar-refractivity contribution >= 4 is 11.9 Å². The molecule has 124 valence electrons. The Hall–Kier alpha value is -2.04. The van der Waals surface area contributed by atoms with Crippen LogP contribution in [-0.2, 0) is 4.79 Å². The Morgan fingerprint density at radius 2 is 1.91 bits per heavy atom. The second kappa shape index (κ2) is 7.02. The number of likely N-dealkylation sites (tertiary alicyclic amines) is 1. The van der Waals surface area contributed by atoms with Crippen molar-refractivity contribution in [3.63, 3.8) is 0 Å². The van der Waals surface area contributed by atoms with Gasteiger partial charge in [-0.2, -0.15) is 0 Å². The number of rotatable bonds is 4. The number of hydrogen-bond donors (Lipinski definition) is 1. The molecule has 2 fully saturated rings. The number of benzene rings is 1. The average molecular weight is 317 g/mol. The van der Waals surface area contributed by atoms with Gasteiger partial charge in [-0.05, 0) is 56.7 Å². The minimum atomic E-state index is -0.819. The van der Waals surface area contributed by atoms with E-state index in [-0.39, 0.29) is 12.0 Å². The molecule has 1 aliphatic carbocycles. The molecule has 1 saturated heterocycles. The first-order valence-electron chi connectivity index (χ1n) is 8.42. The number of nitrogens with zero attached hydrogens (tertiary/aromatic N) is 1. The maximum absolute atomic E-state index is 12.6. The topological polar surface area (TPSA) is 66.8 Å². The lowest BCUT2D eigenvalue weighted by molar-refractivity contribution is -0.143. The summed E-state index contributed by atoms with van der Waals surface area (Å²) in [5.41, 5.74) is 0.575. The third kappa shape index (κ3) is 3.84. The third-order valence-corrected chi connectivity index (χ3v) is 4.74. The van der Waals surface area contributed by atoms with Crippen molar-refractivity contribution in [1.82, 2.24) is 4.90 Å². The van der Waals surface area contributed by atoms with E-state index in [1.54, 1.807) is 17.0 Å². The Bertz CT molecular complexity index is 580. The first kappa shape index (κ1) is 15.8. The number of carboxylic acids is 1. The van der Waals surface area contributed by atoms with Gasteiger partial charge in [0.2, 0.25) is 0 Å². The number of aliphatic carboxylic acids is 1. The molecule has 1 aromatic carbocycles. The second-order valence-electron chi connectivity index (χ2n) is 6.48. The zero-order chi connectivity index (χ0) is 16.2. The summed E-state index contributed by atoms with van der Waals surface area (Å²) in [4.78, 5) is 25.4. The molecule has 5 nitrogen and oxygen atoms in total. The molecule has 1 N–H and O–H groups in total. The fourth-order valence-corrected chi connectivity index (χ4v) is 3.45. The Kier molecular flexibility index (Phi) is 4.84. The Labute approximate surface area is 136 Å². The van der Waals surface area contributed by atoms with Crippen molar-refractivity contribution in [2.75, 3.05) is 13.1 Å². The number of hydrogen-bond acceptors (Lipinski definition) is 3. The van der Waals surface area contributed by atoms with Crippen LogP contribution in [-0.4, -0.2) is 41.1 Å². The van der Waals surface area contributed by atoms with Crippen LogP contribution >= 0.6 is 0 Å². The summed E-state index contributed by atoms with van der Waals surface area (Å²) < 4.78 is 5.95. The van der Waals surface area contributed by atoms with E-state index in [4.69, 9.17) is 9.84 Å². The fraction of sp³-hybridized carbons (Fsp3) is 0.556. The lowest BCUT2D eigenvalue weighted by Gasteiger charge is -2.30. The molecule has 0 aromatic heterocycles. The zero-order valence-electron chi connectivity index (χ0n) is 13.2. The zero-order valence-corrected chi connectivity index (χ0v) is 13.2. The summed E-state index contributed by atoms with van der Waals surface area (Å²) >= 11 is 0. The maximum atomic E-state index is 12.6. The van der Waals surface area contributed by atoms with E-state index in [9.17, 15) is 9.59 Å². The Balaban J connectivity index is 1.67. The van der Waals surface area contributed by atoms with Crippen molar-refractivity contribution in [3.05, 3.63) is 29.8 Å². The van der Waals surface area contributed by atoms with Gasteiger partial charge >= 0.3 is 5.97 Å². The summed E-state index contributed by atoms with van der Waals surface area (Å²) in [5.74, 6) is -0.645. The molecule has 1 aromatic rings. The average Bonchev–Trinajstić information content (AvgIpc) is 3.07. The lowest BCUT2D eigenvalue weighted by Crippen LogP contribution is -2.42. The molecular weight excluding hydrogens is 294 g/mol. The molecule has 1 atom stereocenters. The number of ether oxygens (including phenoxy) is 1. The number of carbonyl (C=O) groups is 2. The van der Waals surface area contributed by atoms with Crippen LogP contribution in [0.1, 0.15) is 48.9 Å². The predicted molar refractivity (Wildman–Crippen MR) is 85.6 cm³/mol. The number of carboxylic acid groups (broad SMARTS) is 1. The lowest BCUT2D eigenvalue weighted by atomic mass is 9.97. The summed E-state index contributed by atoms with van der Waals surface area (Å²) in [6.07, 6.45) is 6.19. The molecule has 0 radical (unpaired) electrons. The fourth-order valence-electron chi connectivity index (χ4n) is 3.45. The van der Waals surface area contributed by atoms with Crippen LogP contribution in [0.5, 0.6) is 5.75 Å². The maximum Gasteiger partial charge on any atom is 0.308 e. The van der Waals surface area contributed by atoms with Gasteiger partial charge in [-0.3, -0.25) is 9.59 Å². The highest BCUT2D eigenvalue weighted by Crippen LogP contribution is 2.25. The molecule has 0 spiro atoms. The molecule has 1 aliphatic heterocycles. The molecule has 2 aliphatic rings. The molecule has 23 heavy (non-hydrogen) atoms. The second-order valence-corrected chi connectivity index (χ2v) is 6.48. The molecular formula is C18H23NO4.